The Hall–Kier alpha value is -4.29. The molecule has 12 heteroatoms. The van der Waals surface area contributed by atoms with Crippen molar-refractivity contribution in [1.82, 2.24) is 25.4 Å². The Kier molecular flexibility index (Phi) is 8.08. The van der Waals surface area contributed by atoms with Crippen molar-refractivity contribution in [2.75, 3.05) is 48.0 Å². The van der Waals surface area contributed by atoms with Crippen molar-refractivity contribution in [3.05, 3.63) is 54.1 Å². The van der Waals surface area contributed by atoms with Crippen molar-refractivity contribution in [3.8, 4) is 11.4 Å². The van der Waals surface area contributed by atoms with Gasteiger partial charge in [0.05, 0.1) is 12.2 Å². The number of nitrogens with one attached hydrogen (secondary N) is 4. The molecule has 0 aliphatic carbocycles. The summed E-state index contributed by atoms with van der Waals surface area (Å²) in [6, 6.07) is 13.8. The average Bonchev–Trinajstić information content (AvgIpc) is 3.25. The number of hydrogen-bond acceptors (Lipinski definition) is 9. The van der Waals surface area contributed by atoms with E-state index < -0.39 is 6.03 Å². The third kappa shape index (κ3) is 6.82. The van der Waals surface area contributed by atoms with Gasteiger partial charge in [0.2, 0.25) is 11.9 Å². The summed E-state index contributed by atoms with van der Waals surface area (Å²) in [5.74, 6) is 1.50. The third-order valence-corrected chi connectivity index (χ3v) is 6.50. The van der Waals surface area contributed by atoms with E-state index in [4.69, 9.17) is 14.7 Å². The highest BCUT2D eigenvalue weighted by Gasteiger charge is 2.35. The molecule has 3 amide bonds. The highest BCUT2D eigenvalue weighted by atomic mass is 16.5. The molecule has 0 saturated carbocycles. The summed E-state index contributed by atoms with van der Waals surface area (Å²) in [5, 5.41) is 10.5. The van der Waals surface area contributed by atoms with Gasteiger partial charge in [-0.25, -0.2) is 9.80 Å². The number of ether oxygens (including phenoxy) is 1. The molecular formula is C28H35N9O3. The van der Waals surface area contributed by atoms with Gasteiger partial charge >= 0.3 is 6.03 Å². The number of carbonyl (C=O) groups is 2. The molecule has 1 aromatic heterocycles. The lowest BCUT2D eigenvalue weighted by molar-refractivity contribution is 0.0299. The number of hydrogen-bond donors (Lipinski definition) is 4. The van der Waals surface area contributed by atoms with Crippen molar-refractivity contribution in [3.63, 3.8) is 0 Å². The second-order valence-electron chi connectivity index (χ2n) is 10.5. The number of carbonyl (C=O) groups excluding carboxylic acids is 2. The first-order valence-electron chi connectivity index (χ1n) is 13.4. The number of nitrogens with zero attached hydrogens (tertiary/aromatic N) is 5. The second-order valence-corrected chi connectivity index (χ2v) is 10.5. The van der Waals surface area contributed by atoms with Crippen molar-refractivity contribution >= 4 is 35.2 Å². The van der Waals surface area contributed by atoms with E-state index in [1.54, 1.807) is 55.5 Å². The maximum atomic E-state index is 12.6. The molecule has 3 aromatic rings. The van der Waals surface area contributed by atoms with Gasteiger partial charge in [-0.05, 0) is 75.2 Å². The van der Waals surface area contributed by atoms with Crippen LogP contribution in [-0.2, 0) is 4.74 Å². The molecular weight excluding hydrogens is 510 g/mol. The van der Waals surface area contributed by atoms with E-state index in [0.717, 1.165) is 31.5 Å². The molecule has 2 aromatic carbocycles. The number of aromatic nitrogens is 3. The number of rotatable bonds is 8. The largest absolute Gasteiger partial charge is 0.371 e. The third-order valence-electron chi connectivity index (χ3n) is 6.50. The predicted octanol–water partition coefficient (Wildman–Crippen LogP) is 3.58. The summed E-state index contributed by atoms with van der Waals surface area (Å²) < 4.78 is 5.98. The van der Waals surface area contributed by atoms with E-state index in [9.17, 15) is 9.59 Å². The number of morpholine rings is 1. The SMILES string of the molecule is CC(C)Nc1nc(-c2ccc(NC(=O)Nc3ccc(C(=O)NN(C)C)cc3)cc2)nc(N2CC3CCC(C2)O3)n1. The molecule has 2 aliphatic heterocycles. The van der Waals surface area contributed by atoms with Crippen molar-refractivity contribution in [2.45, 2.75) is 44.9 Å². The quantitative estimate of drug-likeness (QED) is 0.313. The molecule has 2 atom stereocenters. The normalized spacial score (nSPS) is 18.1. The summed E-state index contributed by atoms with van der Waals surface area (Å²) in [5.41, 5.74) is 5.15. The molecule has 0 spiro atoms. The number of amides is 3. The Bertz CT molecular complexity index is 1330. The zero-order chi connectivity index (χ0) is 28.2. The van der Waals surface area contributed by atoms with E-state index in [-0.39, 0.29) is 24.2 Å². The van der Waals surface area contributed by atoms with Crippen LogP contribution in [0.1, 0.15) is 37.0 Å². The highest BCUT2D eigenvalue weighted by molar-refractivity contribution is 6.00. The number of fused-ring (bicyclic) bond motifs is 2. The molecule has 2 saturated heterocycles. The van der Waals surface area contributed by atoms with E-state index in [1.807, 2.05) is 26.0 Å². The lowest BCUT2D eigenvalue weighted by atomic mass is 10.2. The van der Waals surface area contributed by atoms with Crippen LogP contribution in [0.3, 0.4) is 0 Å². The minimum atomic E-state index is -0.397. The van der Waals surface area contributed by atoms with Crippen molar-refractivity contribution in [1.29, 1.82) is 0 Å². The van der Waals surface area contributed by atoms with E-state index >= 15 is 0 Å². The first-order valence-corrected chi connectivity index (χ1v) is 13.4. The second kappa shape index (κ2) is 11.8. The van der Waals surface area contributed by atoms with Crippen LogP contribution in [0.25, 0.3) is 11.4 Å². The van der Waals surface area contributed by atoms with E-state index in [0.29, 0.717) is 34.7 Å². The number of anilines is 4. The zero-order valence-corrected chi connectivity index (χ0v) is 23.1. The summed E-state index contributed by atoms with van der Waals surface area (Å²) in [6.07, 6.45) is 2.57. The Labute approximate surface area is 233 Å². The lowest BCUT2D eigenvalue weighted by Gasteiger charge is -2.32. The standard InChI is InChI=1S/C28H35N9O3/c1-17(2)29-26-32-24(33-27(34-26)37-15-22-13-14-23(16-37)40-22)18-5-9-20(10-6-18)30-28(39)31-21-11-7-19(8-12-21)25(38)35-36(3)4/h5-12,17,22-23H,13-16H2,1-4H3,(H,35,38)(H2,30,31,39)(H,29,32,33,34). The van der Waals surface area contributed by atoms with Crippen LogP contribution in [0.4, 0.5) is 28.1 Å². The van der Waals surface area contributed by atoms with Crippen LogP contribution >= 0.6 is 0 Å². The fraction of sp³-hybridized carbons (Fsp3) is 0.393. The van der Waals surface area contributed by atoms with Crippen LogP contribution < -0.4 is 26.3 Å². The molecule has 40 heavy (non-hydrogen) atoms. The van der Waals surface area contributed by atoms with Gasteiger partial charge in [-0.15, -0.1) is 0 Å². The molecule has 2 aliphatic rings. The number of urea groups is 1. The van der Waals surface area contributed by atoms with Gasteiger partial charge in [0.1, 0.15) is 0 Å². The average molecular weight is 546 g/mol. The van der Waals surface area contributed by atoms with Crippen LogP contribution in [-0.4, -0.2) is 77.3 Å². The Morgan fingerprint density at radius 2 is 1.50 bits per heavy atom. The Morgan fingerprint density at radius 1 is 0.900 bits per heavy atom. The molecule has 2 bridgehead atoms. The summed E-state index contributed by atoms with van der Waals surface area (Å²) in [4.78, 5) is 41.0. The summed E-state index contributed by atoms with van der Waals surface area (Å²) in [7, 11) is 3.48. The smallest absolute Gasteiger partial charge is 0.323 e. The number of benzene rings is 2. The van der Waals surface area contributed by atoms with Crippen LogP contribution in [0.5, 0.6) is 0 Å². The molecule has 0 radical (unpaired) electrons. The highest BCUT2D eigenvalue weighted by Crippen LogP contribution is 2.29. The Balaban J connectivity index is 1.25. The lowest BCUT2D eigenvalue weighted by Crippen LogP contribution is -2.43. The Morgan fingerprint density at radius 3 is 2.08 bits per heavy atom. The van der Waals surface area contributed by atoms with E-state index in [1.165, 1.54) is 0 Å². The van der Waals surface area contributed by atoms with Gasteiger partial charge in [0.25, 0.3) is 5.91 Å². The van der Waals surface area contributed by atoms with Crippen LogP contribution in [0.2, 0.25) is 0 Å². The molecule has 12 nitrogen and oxygen atoms in total. The summed E-state index contributed by atoms with van der Waals surface area (Å²) in [6.45, 7) is 5.62. The molecule has 4 N–H and O–H groups in total. The topological polar surface area (TPSA) is 137 Å². The molecule has 2 fully saturated rings. The predicted molar refractivity (Wildman–Crippen MR) is 154 cm³/mol. The minimum Gasteiger partial charge on any atom is -0.371 e. The van der Waals surface area contributed by atoms with Gasteiger partial charge in [-0.3, -0.25) is 10.2 Å². The fourth-order valence-corrected chi connectivity index (χ4v) is 4.70. The first kappa shape index (κ1) is 27.3. The maximum absolute atomic E-state index is 12.6. The van der Waals surface area contributed by atoms with Gasteiger partial charge in [0.15, 0.2) is 5.82 Å². The van der Waals surface area contributed by atoms with E-state index in [2.05, 4.69) is 31.3 Å². The van der Waals surface area contributed by atoms with Crippen molar-refractivity contribution in [2.24, 2.45) is 0 Å². The number of hydrazine groups is 1. The molecule has 210 valence electrons. The molecule has 3 heterocycles. The van der Waals surface area contributed by atoms with Gasteiger partial charge in [-0.2, -0.15) is 15.0 Å². The van der Waals surface area contributed by atoms with Crippen LogP contribution in [0.15, 0.2) is 48.5 Å². The van der Waals surface area contributed by atoms with Gasteiger partial charge < -0.3 is 25.6 Å². The van der Waals surface area contributed by atoms with Gasteiger partial charge in [-0.1, -0.05) is 0 Å². The maximum Gasteiger partial charge on any atom is 0.323 e. The van der Waals surface area contributed by atoms with Crippen molar-refractivity contribution < 1.29 is 14.3 Å². The molecule has 2 unspecified atom stereocenters. The summed E-state index contributed by atoms with van der Waals surface area (Å²) >= 11 is 0. The molecule has 5 rings (SSSR count). The first-order chi connectivity index (χ1) is 19.2. The minimum absolute atomic E-state index is 0.167. The zero-order valence-electron chi connectivity index (χ0n) is 23.1. The fourth-order valence-electron chi connectivity index (χ4n) is 4.70. The van der Waals surface area contributed by atoms with Gasteiger partial charge in [0, 0.05) is 55.7 Å². The monoisotopic (exact) mass is 545 g/mol. The van der Waals surface area contributed by atoms with Crippen LogP contribution in [0, 0.1) is 0 Å².